The predicted molar refractivity (Wildman–Crippen MR) is 81.7 cm³/mol. The molecular formula is C16H17ClN2O. The molecule has 0 spiro atoms. The zero-order valence-corrected chi connectivity index (χ0v) is 12.1. The van der Waals surface area contributed by atoms with E-state index in [2.05, 4.69) is 5.32 Å². The molecule has 0 aliphatic carbocycles. The van der Waals surface area contributed by atoms with Crippen molar-refractivity contribution in [2.45, 2.75) is 6.54 Å². The van der Waals surface area contributed by atoms with Crippen molar-refractivity contribution in [3.8, 4) is 0 Å². The third kappa shape index (κ3) is 4.37. The van der Waals surface area contributed by atoms with Gasteiger partial charge in [-0.1, -0.05) is 41.9 Å². The first-order chi connectivity index (χ1) is 9.65. The Bertz CT molecular complexity index is 554. The first-order valence-corrected chi connectivity index (χ1v) is 6.79. The van der Waals surface area contributed by atoms with Crippen LogP contribution in [0.25, 0.3) is 0 Å². The lowest BCUT2D eigenvalue weighted by Crippen LogP contribution is -2.34. The van der Waals surface area contributed by atoms with Gasteiger partial charge in [0, 0.05) is 17.1 Å². The largest absolute Gasteiger partial charge is 0.339 e. The van der Waals surface area contributed by atoms with E-state index in [4.69, 9.17) is 11.6 Å². The molecule has 2 aromatic rings. The molecule has 0 aromatic heterocycles. The third-order valence-electron chi connectivity index (χ3n) is 2.91. The van der Waals surface area contributed by atoms with Gasteiger partial charge in [0.15, 0.2) is 0 Å². The van der Waals surface area contributed by atoms with Crippen LogP contribution in [0.3, 0.4) is 0 Å². The van der Waals surface area contributed by atoms with E-state index in [1.165, 1.54) is 0 Å². The molecule has 20 heavy (non-hydrogen) atoms. The number of amides is 1. The van der Waals surface area contributed by atoms with E-state index in [9.17, 15) is 4.79 Å². The van der Waals surface area contributed by atoms with Crippen molar-refractivity contribution in [3.63, 3.8) is 0 Å². The molecule has 0 saturated carbocycles. The minimum Gasteiger partial charge on any atom is -0.339 e. The number of carbonyl (C=O) groups excluding carboxylic acids is 1. The zero-order valence-electron chi connectivity index (χ0n) is 11.3. The van der Waals surface area contributed by atoms with E-state index in [0.29, 0.717) is 12.2 Å². The van der Waals surface area contributed by atoms with Crippen LogP contribution in [0.4, 0.5) is 0 Å². The predicted octanol–water partition coefficient (Wildman–Crippen LogP) is 3.16. The number of nitrogens with zero attached hydrogens (tertiary/aromatic N) is 1. The summed E-state index contributed by atoms with van der Waals surface area (Å²) in [5.74, 6) is -0.0615. The second-order valence-electron chi connectivity index (χ2n) is 4.67. The Labute approximate surface area is 124 Å². The Morgan fingerprint density at radius 1 is 1.10 bits per heavy atom. The number of nitrogens with one attached hydrogen (secondary N) is 1. The van der Waals surface area contributed by atoms with E-state index < -0.39 is 0 Å². The van der Waals surface area contributed by atoms with E-state index >= 15 is 0 Å². The molecule has 0 aliphatic heterocycles. The second kappa shape index (κ2) is 7.08. The number of hydrogen-bond acceptors (Lipinski definition) is 2. The summed E-state index contributed by atoms with van der Waals surface area (Å²) in [6, 6.07) is 16.9. The highest BCUT2D eigenvalue weighted by Gasteiger charge is 2.05. The maximum Gasteiger partial charge on any atom is 0.252 e. The standard InChI is InChI=1S/C16H17ClN2O/c1-19(11-13-7-9-15(17)10-8-13)12-18-16(20)14-5-3-2-4-6-14/h2-10H,11-12H2,1H3,(H,18,20). The van der Waals surface area contributed by atoms with Crippen LogP contribution in [0.5, 0.6) is 0 Å². The van der Waals surface area contributed by atoms with E-state index in [1.54, 1.807) is 12.1 Å². The molecule has 0 radical (unpaired) electrons. The highest BCUT2D eigenvalue weighted by atomic mass is 35.5. The number of carbonyl (C=O) groups is 1. The van der Waals surface area contributed by atoms with Crippen molar-refractivity contribution in [3.05, 3.63) is 70.7 Å². The Morgan fingerprint density at radius 3 is 2.40 bits per heavy atom. The summed E-state index contributed by atoms with van der Waals surface area (Å²) in [6.07, 6.45) is 0. The fourth-order valence-corrected chi connectivity index (χ4v) is 1.98. The summed E-state index contributed by atoms with van der Waals surface area (Å²) in [5.41, 5.74) is 1.83. The van der Waals surface area contributed by atoms with Gasteiger partial charge in [0.05, 0.1) is 6.67 Å². The van der Waals surface area contributed by atoms with Crippen molar-refractivity contribution in [2.75, 3.05) is 13.7 Å². The Balaban J connectivity index is 1.82. The summed E-state index contributed by atoms with van der Waals surface area (Å²) in [7, 11) is 1.96. The van der Waals surface area contributed by atoms with Gasteiger partial charge < -0.3 is 5.32 Å². The highest BCUT2D eigenvalue weighted by molar-refractivity contribution is 6.30. The maximum absolute atomic E-state index is 11.9. The van der Waals surface area contributed by atoms with Gasteiger partial charge in [0.2, 0.25) is 0 Å². The smallest absolute Gasteiger partial charge is 0.252 e. The van der Waals surface area contributed by atoms with E-state index in [0.717, 1.165) is 17.1 Å². The molecule has 0 saturated heterocycles. The van der Waals surface area contributed by atoms with Crippen LogP contribution in [0.2, 0.25) is 5.02 Å². The van der Waals surface area contributed by atoms with Gasteiger partial charge in [-0.05, 0) is 36.9 Å². The normalized spacial score (nSPS) is 10.6. The van der Waals surface area contributed by atoms with E-state index in [1.807, 2.05) is 54.4 Å². The Morgan fingerprint density at radius 2 is 1.75 bits per heavy atom. The fraction of sp³-hybridized carbons (Fsp3) is 0.188. The molecule has 1 amide bonds. The SMILES string of the molecule is CN(CNC(=O)c1ccccc1)Cc1ccc(Cl)cc1. The van der Waals surface area contributed by atoms with Gasteiger partial charge in [-0.15, -0.1) is 0 Å². The molecule has 0 aliphatic rings. The Kier molecular flexibility index (Phi) is 5.16. The van der Waals surface area contributed by atoms with Crippen molar-refractivity contribution in [1.82, 2.24) is 10.2 Å². The molecule has 0 fully saturated rings. The number of rotatable bonds is 5. The molecular weight excluding hydrogens is 272 g/mol. The average Bonchev–Trinajstić information content (AvgIpc) is 2.48. The van der Waals surface area contributed by atoms with E-state index in [-0.39, 0.29) is 5.91 Å². The van der Waals surface area contributed by atoms with Crippen molar-refractivity contribution in [1.29, 1.82) is 0 Å². The van der Waals surface area contributed by atoms with Crippen LogP contribution in [-0.4, -0.2) is 24.5 Å². The van der Waals surface area contributed by atoms with Gasteiger partial charge in [-0.25, -0.2) is 0 Å². The molecule has 2 aromatic carbocycles. The molecule has 3 nitrogen and oxygen atoms in total. The second-order valence-corrected chi connectivity index (χ2v) is 5.11. The molecule has 0 heterocycles. The molecule has 4 heteroatoms. The average molecular weight is 289 g/mol. The topological polar surface area (TPSA) is 32.3 Å². The molecule has 2 rings (SSSR count). The molecule has 0 unspecified atom stereocenters. The molecule has 0 atom stereocenters. The van der Waals surface area contributed by atoms with Crippen LogP contribution in [0.1, 0.15) is 15.9 Å². The first kappa shape index (κ1) is 14.6. The number of halogens is 1. The summed E-state index contributed by atoms with van der Waals surface area (Å²) >= 11 is 5.85. The number of hydrogen-bond donors (Lipinski definition) is 1. The molecule has 0 bridgehead atoms. The maximum atomic E-state index is 11.9. The molecule has 1 N–H and O–H groups in total. The molecule has 104 valence electrons. The van der Waals surface area contributed by atoms with Gasteiger partial charge in [-0.3, -0.25) is 9.69 Å². The minimum absolute atomic E-state index is 0.0615. The Hall–Kier alpha value is -1.84. The van der Waals surface area contributed by atoms with Gasteiger partial charge in [0.1, 0.15) is 0 Å². The van der Waals surface area contributed by atoms with Crippen molar-refractivity contribution < 1.29 is 4.79 Å². The fourth-order valence-electron chi connectivity index (χ4n) is 1.86. The van der Waals surface area contributed by atoms with Crippen LogP contribution in [-0.2, 0) is 6.54 Å². The van der Waals surface area contributed by atoms with Crippen LogP contribution in [0.15, 0.2) is 54.6 Å². The number of benzene rings is 2. The third-order valence-corrected chi connectivity index (χ3v) is 3.16. The van der Waals surface area contributed by atoms with Crippen LogP contribution >= 0.6 is 11.6 Å². The van der Waals surface area contributed by atoms with Crippen molar-refractivity contribution in [2.24, 2.45) is 0 Å². The lowest BCUT2D eigenvalue weighted by Gasteiger charge is -2.17. The van der Waals surface area contributed by atoms with Crippen LogP contribution in [0, 0.1) is 0 Å². The highest BCUT2D eigenvalue weighted by Crippen LogP contribution is 2.10. The van der Waals surface area contributed by atoms with Gasteiger partial charge in [0.25, 0.3) is 5.91 Å². The van der Waals surface area contributed by atoms with Crippen molar-refractivity contribution >= 4 is 17.5 Å². The summed E-state index contributed by atoms with van der Waals surface area (Å²) in [6.45, 7) is 1.25. The van der Waals surface area contributed by atoms with Gasteiger partial charge in [-0.2, -0.15) is 0 Å². The zero-order chi connectivity index (χ0) is 14.4. The monoisotopic (exact) mass is 288 g/mol. The van der Waals surface area contributed by atoms with Crippen LogP contribution < -0.4 is 5.32 Å². The summed E-state index contributed by atoms with van der Waals surface area (Å²) < 4.78 is 0. The summed E-state index contributed by atoms with van der Waals surface area (Å²) in [5, 5.41) is 3.62. The lowest BCUT2D eigenvalue weighted by atomic mass is 10.2. The summed E-state index contributed by atoms with van der Waals surface area (Å²) in [4.78, 5) is 13.9. The first-order valence-electron chi connectivity index (χ1n) is 6.41. The van der Waals surface area contributed by atoms with Gasteiger partial charge >= 0.3 is 0 Å². The quantitative estimate of drug-likeness (QED) is 0.857. The minimum atomic E-state index is -0.0615. The lowest BCUT2D eigenvalue weighted by molar-refractivity contribution is 0.0928.